The summed E-state index contributed by atoms with van der Waals surface area (Å²) >= 11 is 0. The molecule has 2 aromatic heterocycles. The molecule has 5 heterocycles. The molecule has 8 rings (SSSR count). The molecule has 198 valence electrons. The molecule has 2 N–H and O–H groups in total. The van der Waals surface area contributed by atoms with E-state index in [2.05, 4.69) is 16.8 Å². The van der Waals surface area contributed by atoms with Crippen LogP contribution in [0.5, 0.6) is 5.75 Å². The van der Waals surface area contributed by atoms with Gasteiger partial charge in [-0.2, -0.15) is 0 Å². The molecule has 0 radical (unpaired) electrons. The standard InChI is InChI=1S/C30H27N3O6/c1-4-11-37-16-9-10-20-18(12-16)24-25-19(14-31-28(25)35)23-17-7-5-6-8-21(17)33-27(23)26(24)32(20)22-13-30(36,38-15(2)34)29(33,3)39-22/h5-10,12,22,36H,4,11,13-14H2,1-3H3,(H,31,35)/t22-,29+,30+/m0/s1. The summed E-state index contributed by atoms with van der Waals surface area (Å²) in [7, 11) is 0. The van der Waals surface area contributed by atoms with Crippen molar-refractivity contribution in [2.75, 3.05) is 6.61 Å². The Bertz CT molecular complexity index is 1940. The van der Waals surface area contributed by atoms with Crippen LogP contribution in [0.15, 0.2) is 42.5 Å². The van der Waals surface area contributed by atoms with E-state index in [0.29, 0.717) is 18.7 Å². The molecule has 1 fully saturated rings. The average Bonchev–Trinajstić information content (AvgIpc) is 3.59. The predicted octanol–water partition coefficient (Wildman–Crippen LogP) is 4.79. The zero-order valence-electron chi connectivity index (χ0n) is 21.8. The van der Waals surface area contributed by atoms with Crippen molar-refractivity contribution in [3.8, 4) is 5.75 Å². The lowest BCUT2D eigenvalue weighted by atomic mass is 9.96. The number of hydrogen-bond donors (Lipinski definition) is 2. The molecule has 1 amide bonds. The van der Waals surface area contributed by atoms with Crippen LogP contribution in [0, 0.1) is 0 Å². The molecule has 3 aliphatic heterocycles. The van der Waals surface area contributed by atoms with Gasteiger partial charge in [0.25, 0.3) is 11.7 Å². The molecular weight excluding hydrogens is 498 g/mol. The molecule has 0 aliphatic carbocycles. The van der Waals surface area contributed by atoms with E-state index in [1.807, 2.05) is 47.0 Å². The normalized spacial score (nSPS) is 25.1. The van der Waals surface area contributed by atoms with Crippen LogP contribution in [-0.2, 0) is 26.5 Å². The summed E-state index contributed by atoms with van der Waals surface area (Å²) in [6, 6.07) is 13.8. The minimum atomic E-state index is -1.93. The summed E-state index contributed by atoms with van der Waals surface area (Å²) in [6.45, 7) is 6.10. The minimum absolute atomic E-state index is 0.0206. The van der Waals surface area contributed by atoms with Gasteiger partial charge in [0, 0.05) is 35.0 Å². The molecule has 0 spiro atoms. The number of fused-ring (bicyclic) bond motifs is 13. The number of nitrogens with one attached hydrogen (secondary N) is 1. The van der Waals surface area contributed by atoms with Gasteiger partial charge in [0.1, 0.15) is 12.0 Å². The highest BCUT2D eigenvalue weighted by Gasteiger charge is 2.63. The molecule has 3 atom stereocenters. The second kappa shape index (κ2) is 7.31. The number of carbonyl (C=O) groups is 2. The van der Waals surface area contributed by atoms with Crippen molar-refractivity contribution in [1.82, 2.24) is 14.5 Å². The van der Waals surface area contributed by atoms with Crippen LogP contribution in [0.25, 0.3) is 43.6 Å². The summed E-state index contributed by atoms with van der Waals surface area (Å²) in [6.07, 6.45) is 0.236. The Labute approximate surface area is 222 Å². The number of benzene rings is 3. The van der Waals surface area contributed by atoms with Crippen LogP contribution in [-0.4, -0.2) is 38.5 Å². The van der Waals surface area contributed by atoms with Gasteiger partial charge in [-0.15, -0.1) is 0 Å². The Morgan fingerprint density at radius 3 is 2.77 bits per heavy atom. The molecule has 9 heteroatoms. The summed E-state index contributed by atoms with van der Waals surface area (Å²) in [5, 5.41) is 18.7. The first kappa shape index (κ1) is 22.9. The van der Waals surface area contributed by atoms with Gasteiger partial charge in [0.2, 0.25) is 5.72 Å². The molecular formula is C30H27N3O6. The highest BCUT2D eigenvalue weighted by atomic mass is 16.7. The zero-order valence-corrected chi connectivity index (χ0v) is 21.8. The van der Waals surface area contributed by atoms with Crippen LogP contribution in [0.1, 0.15) is 55.8 Å². The largest absolute Gasteiger partial charge is 0.494 e. The van der Waals surface area contributed by atoms with Crippen LogP contribution in [0.2, 0.25) is 0 Å². The quantitative estimate of drug-likeness (QED) is 0.258. The molecule has 39 heavy (non-hydrogen) atoms. The molecule has 3 aliphatic rings. The van der Waals surface area contributed by atoms with Gasteiger partial charge in [0.15, 0.2) is 0 Å². The van der Waals surface area contributed by atoms with E-state index in [9.17, 15) is 14.7 Å². The van der Waals surface area contributed by atoms with Gasteiger partial charge in [0.05, 0.1) is 40.7 Å². The fourth-order valence-corrected chi connectivity index (χ4v) is 7.13. The maximum absolute atomic E-state index is 13.4. The van der Waals surface area contributed by atoms with Gasteiger partial charge < -0.3 is 33.8 Å². The first-order chi connectivity index (χ1) is 18.8. The Morgan fingerprint density at radius 1 is 1.15 bits per heavy atom. The number of amides is 1. The summed E-state index contributed by atoms with van der Waals surface area (Å²) in [5.41, 5.74) is 3.51. The maximum Gasteiger partial charge on any atom is 0.305 e. The molecule has 2 bridgehead atoms. The maximum atomic E-state index is 13.4. The summed E-state index contributed by atoms with van der Waals surface area (Å²) < 4.78 is 22.4. The smallest absolute Gasteiger partial charge is 0.305 e. The van der Waals surface area contributed by atoms with Crippen molar-refractivity contribution >= 4 is 55.5 Å². The first-order valence-electron chi connectivity index (χ1n) is 13.3. The Balaban J connectivity index is 1.63. The average molecular weight is 526 g/mol. The van der Waals surface area contributed by atoms with Gasteiger partial charge in [-0.3, -0.25) is 9.59 Å². The Hall–Kier alpha value is -4.08. The lowest BCUT2D eigenvalue weighted by Gasteiger charge is -2.38. The van der Waals surface area contributed by atoms with Crippen molar-refractivity contribution in [1.29, 1.82) is 0 Å². The van der Waals surface area contributed by atoms with Gasteiger partial charge in [-0.25, -0.2) is 0 Å². The number of aliphatic hydroxyl groups is 1. The number of para-hydroxylation sites is 1. The lowest BCUT2D eigenvalue weighted by Crippen LogP contribution is -2.53. The third kappa shape index (κ3) is 2.62. The van der Waals surface area contributed by atoms with Crippen LogP contribution >= 0.6 is 0 Å². The Kier molecular flexibility index (Phi) is 4.28. The number of nitrogens with zero attached hydrogens (tertiary/aromatic N) is 2. The zero-order chi connectivity index (χ0) is 26.8. The second-order valence-electron chi connectivity index (χ2n) is 10.9. The fourth-order valence-electron chi connectivity index (χ4n) is 7.13. The number of esters is 1. The number of ether oxygens (including phenoxy) is 3. The van der Waals surface area contributed by atoms with Crippen LogP contribution in [0.4, 0.5) is 0 Å². The van der Waals surface area contributed by atoms with E-state index in [4.69, 9.17) is 14.2 Å². The monoisotopic (exact) mass is 525 g/mol. The lowest BCUT2D eigenvalue weighted by molar-refractivity contribution is -0.283. The number of aromatic nitrogens is 2. The highest BCUT2D eigenvalue weighted by molar-refractivity contribution is 6.31. The van der Waals surface area contributed by atoms with Crippen molar-refractivity contribution in [2.24, 2.45) is 0 Å². The number of hydrogen-bond acceptors (Lipinski definition) is 6. The van der Waals surface area contributed by atoms with E-state index < -0.39 is 23.7 Å². The molecule has 1 saturated heterocycles. The fraction of sp³-hybridized carbons (Fsp3) is 0.333. The van der Waals surface area contributed by atoms with Crippen molar-refractivity contribution in [3.05, 3.63) is 53.6 Å². The Morgan fingerprint density at radius 2 is 1.97 bits per heavy atom. The van der Waals surface area contributed by atoms with E-state index in [1.54, 1.807) is 6.92 Å². The predicted molar refractivity (Wildman–Crippen MR) is 145 cm³/mol. The molecule has 9 nitrogen and oxygen atoms in total. The molecule has 0 saturated carbocycles. The number of carbonyl (C=O) groups excluding carboxylic acids is 2. The van der Waals surface area contributed by atoms with E-state index in [0.717, 1.165) is 61.3 Å². The minimum Gasteiger partial charge on any atom is -0.494 e. The molecule has 5 aromatic rings. The molecule has 3 aromatic carbocycles. The van der Waals surface area contributed by atoms with Crippen molar-refractivity contribution in [3.63, 3.8) is 0 Å². The van der Waals surface area contributed by atoms with Crippen molar-refractivity contribution < 1.29 is 28.9 Å². The third-order valence-electron chi connectivity index (χ3n) is 8.62. The summed E-state index contributed by atoms with van der Waals surface area (Å²) in [5.74, 6) is -1.91. The van der Waals surface area contributed by atoms with Crippen LogP contribution in [0.3, 0.4) is 0 Å². The number of rotatable bonds is 4. The van der Waals surface area contributed by atoms with Gasteiger partial charge in [-0.1, -0.05) is 25.1 Å². The van der Waals surface area contributed by atoms with E-state index in [1.165, 1.54) is 6.92 Å². The SMILES string of the molecule is CCCOc1ccc2c(c1)c1c3c(c4c5ccccc5n5c4c1n2[C@@H]1C[C@@](O)(OC(C)=O)[C@@]5(C)O1)CNC3=O. The topological polar surface area (TPSA) is 104 Å². The van der Waals surface area contributed by atoms with Crippen LogP contribution < -0.4 is 10.1 Å². The van der Waals surface area contributed by atoms with Gasteiger partial charge >= 0.3 is 5.97 Å². The highest BCUT2D eigenvalue weighted by Crippen LogP contribution is 2.58. The van der Waals surface area contributed by atoms with Crippen molar-refractivity contribution in [2.45, 2.75) is 57.9 Å². The molecule has 0 unspecified atom stereocenters. The van der Waals surface area contributed by atoms with E-state index >= 15 is 0 Å². The second-order valence-corrected chi connectivity index (χ2v) is 10.9. The third-order valence-corrected chi connectivity index (χ3v) is 8.62. The van der Waals surface area contributed by atoms with E-state index in [-0.39, 0.29) is 12.3 Å². The first-order valence-corrected chi connectivity index (χ1v) is 13.3. The summed E-state index contributed by atoms with van der Waals surface area (Å²) in [4.78, 5) is 25.7. The van der Waals surface area contributed by atoms with Gasteiger partial charge in [-0.05, 0) is 43.2 Å².